The molecule has 1 fully saturated rings. The first-order valence-corrected chi connectivity index (χ1v) is 7.64. The third kappa shape index (κ3) is 3.51. The summed E-state index contributed by atoms with van der Waals surface area (Å²) in [7, 11) is 0. The van der Waals surface area contributed by atoms with Gasteiger partial charge in [-0.25, -0.2) is 4.98 Å². The molecule has 2 aromatic heterocycles. The van der Waals surface area contributed by atoms with E-state index in [4.69, 9.17) is 9.84 Å². The number of pyridine rings is 2. The maximum Gasteiger partial charge on any atom is 0.308 e. The molecule has 1 atom stereocenters. The summed E-state index contributed by atoms with van der Waals surface area (Å²) in [6.07, 6.45) is 5.33. The van der Waals surface area contributed by atoms with Crippen LogP contribution in [0.5, 0.6) is 5.75 Å². The lowest BCUT2D eigenvalue weighted by atomic mass is 10.1. The van der Waals surface area contributed by atoms with E-state index in [1.807, 2.05) is 12.1 Å². The summed E-state index contributed by atoms with van der Waals surface area (Å²) in [5.74, 6) is -1.30. The lowest BCUT2D eigenvalue weighted by Gasteiger charge is -2.17. The molecule has 24 heavy (non-hydrogen) atoms. The molecule has 1 saturated heterocycles. The minimum absolute atomic E-state index is 0.203. The fourth-order valence-electron chi connectivity index (χ4n) is 2.60. The number of carbonyl (C=O) groups excluding carboxylic acids is 1. The first kappa shape index (κ1) is 15.9. The van der Waals surface area contributed by atoms with Gasteiger partial charge in [-0.05, 0) is 36.2 Å². The largest absolute Gasteiger partial charge is 0.486 e. The van der Waals surface area contributed by atoms with Crippen LogP contribution in [-0.4, -0.2) is 44.9 Å². The third-order valence-corrected chi connectivity index (χ3v) is 3.94. The first-order chi connectivity index (χ1) is 11.6. The molecule has 0 bridgehead atoms. The molecule has 1 N–H and O–H groups in total. The number of carboxylic acids is 1. The number of nitrogens with zero attached hydrogens (tertiary/aromatic N) is 3. The normalized spacial score (nSPS) is 16.8. The van der Waals surface area contributed by atoms with Gasteiger partial charge in [-0.2, -0.15) is 0 Å². The molecule has 1 aliphatic heterocycles. The number of ether oxygens (including phenoxy) is 1. The van der Waals surface area contributed by atoms with Crippen molar-refractivity contribution in [1.82, 2.24) is 14.9 Å². The summed E-state index contributed by atoms with van der Waals surface area (Å²) in [6.45, 7) is 0.914. The summed E-state index contributed by atoms with van der Waals surface area (Å²) >= 11 is 0. The van der Waals surface area contributed by atoms with Crippen LogP contribution < -0.4 is 4.74 Å². The highest BCUT2D eigenvalue weighted by Gasteiger charge is 2.32. The van der Waals surface area contributed by atoms with Gasteiger partial charge in [0, 0.05) is 31.7 Å². The fourth-order valence-corrected chi connectivity index (χ4v) is 2.60. The zero-order valence-corrected chi connectivity index (χ0v) is 13.0. The van der Waals surface area contributed by atoms with Gasteiger partial charge in [-0.1, -0.05) is 0 Å². The highest BCUT2D eigenvalue weighted by Crippen LogP contribution is 2.23. The highest BCUT2D eigenvalue weighted by atomic mass is 16.5. The van der Waals surface area contributed by atoms with E-state index in [0.717, 1.165) is 5.56 Å². The minimum Gasteiger partial charge on any atom is -0.486 e. The molecular weight excluding hydrogens is 310 g/mol. The van der Waals surface area contributed by atoms with Crippen molar-refractivity contribution in [2.75, 3.05) is 13.1 Å². The number of aromatic nitrogens is 2. The number of amides is 1. The summed E-state index contributed by atoms with van der Waals surface area (Å²) in [5.41, 5.74) is 1.14. The van der Waals surface area contributed by atoms with E-state index in [9.17, 15) is 9.59 Å². The molecule has 3 rings (SSSR count). The molecule has 7 nitrogen and oxygen atoms in total. The van der Waals surface area contributed by atoms with E-state index in [0.29, 0.717) is 25.3 Å². The minimum atomic E-state index is -0.875. The summed E-state index contributed by atoms with van der Waals surface area (Å²) in [4.78, 5) is 33.3. The van der Waals surface area contributed by atoms with Crippen molar-refractivity contribution in [3.05, 3.63) is 54.1 Å². The van der Waals surface area contributed by atoms with Crippen LogP contribution in [0.2, 0.25) is 0 Å². The van der Waals surface area contributed by atoms with E-state index in [-0.39, 0.29) is 18.1 Å². The van der Waals surface area contributed by atoms with Gasteiger partial charge in [-0.15, -0.1) is 0 Å². The Hall–Kier alpha value is -2.96. The molecule has 3 heterocycles. The monoisotopic (exact) mass is 327 g/mol. The summed E-state index contributed by atoms with van der Waals surface area (Å²) < 4.78 is 5.72. The van der Waals surface area contributed by atoms with Crippen LogP contribution in [-0.2, 0) is 11.4 Å². The van der Waals surface area contributed by atoms with E-state index >= 15 is 0 Å². The molecule has 0 aromatic carbocycles. The van der Waals surface area contributed by atoms with Crippen LogP contribution >= 0.6 is 0 Å². The average Bonchev–Trinajstić information content (AvgIpc) is 3.11. The topological polar surface area (TPSA) is 92.6 Å². The number of carbonyl (C=O) groups is 2. The Bertz CT molecular complexity index is 736. The predicted octanol–water partition coefficient (Wildman–Crippen LogP) is 1.60. The zero-order chi connectivity index (χ0) is 16.9. The van der Waals surface area contributed by atoms with Crippen LogP contribution in [0.3, 0.4) is 0 Å². The Morgan fingerprint density at radius 2 is 2.04 bits per heavy atom. The zero-order valence-electron chi connectivity index (χ0n) is 13.0. The van der Waals surface area contributed by atoms with Crippen molar-refractivity contribution in [1.29, 1.82) is 0 Å². The second-order valence-electron chi connectivity index (χ2n) is 5.57. The van der Waals surface area contributed by atoms with Crippen molar-refractivity contribution in [3.63, 3.8) is 0 Å². The average molecular weight is 327 g/mol. The molecule has 0 saturated carbocycles. The van der Waals surface area contributed by atoms with Crippen molar-refractivity contribution in [2.45, 2.75) is 13.0 Å². The number of hydrogen-bond donors (Lipinski definition) is 1. The molecular formula is C17H17N3O4. The lowest BCUT2D eigenvalue weighted by molar-refractivity contribution is -0.141. The maximum atomic E-state index is 12.6. The molecule has 0 radical (unpaired) electrons. The van der Waals surface area contributed by atoms with Gasteiger partial charge < -0.3 is 14.7 Å². The quantitative estimate of drug-likeness (QED) is 0.897. The summed E-state index contributed by atoms with van der Waals surface area (Å²) in [6, 6.07) is 7.04. The molecule has 124 valence electrons. The van der Waals surface area contributed by atoms with Gasteiger partial charge in [0.05, 0.1) is 5.92 Å². The Balaban J connectivity index is 1.72. The Kier molecular flexibility index (Phi) is 4.69. The van der Waals surface area contributed by atoms with Crippen LogP contribution in [0.15, 0.2) is 42.9 Å². The molecule has 0 aliphatic carbocycles. The second-order valence-corrected chi connectivity index (χ2v) is 5.57. The van der Waals surface area contributed by atoms with E-state index < -0.39 is 11.9 Å². The van der Waals surface area contributed by atoms with Crippen LogP contribution in [0, 0.1) is 5.92 Å². The van der Waals surface area contributed by atoms with Crippen molar-refractivity contribution < 1.29 is 19.4 Å². The molecule has 7 heteroatoms. The number of likely N-dealkylation sites (tertiary alicyclic amines) is 1. The van der Waals surface area contributed by atoms with Gasteiger partial charge in [0.2, 0.25) is 0 Å². The fraction of sp³-hybridized carbons (Fsp3) is 0.294. The van der Waals surface area contributed by atoms with E-state index in [1.165, 1.54) is 11.1 Å². The van der Waals surface area contributed by atoms with Gasteiger partial charge in [0.25, 0.3) is 5.91 Å². The van der Waals surface area contributed by atoms with Crippen LogP contribution in [0.25, 0.3) is 0 Å². The Morgan fingerprint density at radius 3 is 2.75 bits per heavy atom. The third-order valence-electron chi connectivity index (χ3n) is 3.94. The Morgan fingerprint density at radius 1 is 1.25 bits per heavy atom. The molecule has 0 unspecified atom stereocenters. The number of carboxylic acid groups (broad SMARTS) is 1. The van der Waals surface area contributed by atoms with Gasteiger partial charge in [-0.3, -0.25) is 14.6 Å². The molecule has 0 spiro atoms. The second kappa shape index (κ2) is 7.08. The van der Waals surface area contributed by atoms with Crippen LogP contribution in [0.4, 0.5) is 0 Å². The lowest BCUT2D eigenvalue weighted by Crippen LogP contribution is -2.31. The van der Waals surface area contributed by atoms with Crippen molar-refractivity contribution in [3.8, 4) is 5.75 Å². The SMILES string of the molecule is O=C(O)[C@H]1CCN(C(=O)c2ncccc2OCc2ccncc2)C1. The van der Waals surface area contributed by atoms with E-state index in [1.54, 1.807) is 24.5 Å². The number of aliphatic carboxylic acids is 1. The van der Waals surface area contributed by atoms with Gasteiger partial charge in [0.15, 0.2) is 11.4 Å². The molecule has 1 amide bonds. The van der Waals surface area contributed by atoms with Gasteiger partial charge >= 0.3 is 5.97 Å². The molecule has 1 aliphatic rings. The number of rotatable bonds is 5. The van der Waals surface area contributed by atoms with Crippen molar-refractivity contribution in [2.24, 2.45) is 5.92 Å². The Labute approximate surface area is 138 Å². The highest BCUT2D eigenvalue weighted by molar-refractivity contribution is 5.95. The van der Waals surface area contributed by atoms with Crippen molar-refractivity contribution >= 4 is 11.9 Å². The smallest absolute Gasteiger partial charge is 0.308 e. The van der Waals surface area contributed by atoms with Crippen LogP contribution in [0.1, 0.15) is 22.5 Å². The summed E-state index contributed by atoms with van der Waals surface area (Å²) in [5, 5.41) is 9.06. The molecule has 2 aromatic rings. The standard InChI is InChI=1S/C17H17N3O4/c21-16(20-9-5-13(10-20)17(22)23)15-14(2-1-6-19-15)24-11-12-3-7-18-8-4-12/h1-4,6-8,13H,5,9-11H2,(H,22,23)/t13-/m0/s1. The predicted molar refractivity (Wildman–Crippen MR) is 84.5 cm³/mol. The van der Waals surface area contributed by atoms with Gasteiger partial charge in [0.1, 0.15) is 6.61 Å². The number of hydrogen-bond acceptors (Lipinski definition) is 5. The maximum absolute atomic E-state index is 12.6. The first-order valence-electron chi connectivity index (χ1n) is 7.64. The van der Waals surface area contributed by atoms with E-state index in [2.05, 4.69) is 9.97 Å².